The average molecular weight is 529 g/mol. The first-order valence-corrected chi connectivity index (χ1v) is 14.8. The van der Waals surface area contributed by atoms with Crippen molar-refractivity contribution in [2.75, 3.05) is 0 Å². The van der Waals surface area contributed by atoms with Gasteiger partial charge in [-0.3, -0.25) is 14.4 Å². The van der Waals surface area contributed by atoms with Gasteiger partial charge in [-0.25, -0.2) is 0 Å². The summed E-state index contributed by atoms with van der Waals surface area (Å²) in [6, 6.07) is 0. The Hall–Kier alpha value is -1.69. The first-order valence-electron chi connectivity index (χ1n) is 14.8. The highest BCUT2D eigenvalue weighted by Gasteiger charge is 2.78. The van der Waals surface area contributed by atoms with Gasteiger partial charge in [-0.15, -0.1) is 0 Å². The van der Waals surface area contributed by atoms with Crippen LogP contribution in [0.25, 0.3) is 0 Å². The first kappa shape index (κ1) is 27.9. The molecule has 0 bridgehead atoms. The maximum Gasteiger partial charge on any atom is 0.314 e. The van der Waals surface area contributed by atoms with Gasteiger partial charge in [0.1, 0.15) is 17.5 Å². The van der Waals surface area contributed by atoms with Gasteiger partial charge in [-0.05, 0) is 94.8 Å². The maximum atomic E-state index is 13.9. The molecule has 0 unspecified atom stereocenters. The van der Waals surface area contributed by atoms with Crippen LogP contribution in [0, 0.1) is 39.4 Å². The van der Waals surface area contributed by atoms with Gasteiger partial charge >= 0.3 is 11.9 Å². The third-order valence-electron chi connectivity index (χ3n) is 12.1. The largest absolute Gasteiger partial charge is 0.462 e. The van der Waals surface area contributed by atoms with E-state index in [1.54, 1.807) is 13.8 Å². The van der Waals surface area contributed by atoms with E-state index in [0.29, 0.717) is 38.0 Å². The highest BCUT2D eigenvalue weighted by Crippen LogP contribution is 2.75. The Bertz CT molecular complexity index is 1080. The van der Waals surface area contributed by atoms with Crippen LogP contribution in [0.3, 0.4) is 0 Å². The van der Waals surface area contributed by atoms with Crippen molar-refractivity contribution in [2.24, 2.45) is 39.4 Å². The number of ether oxygens (including phenoxy) is 2. The van der Waals surface area contributed by atoms with Gasteiger partial charge in [0.15, 0.2) is 0 Å². The molecule has 4 fully saturated rings. The lowest BCUT2D eigenvalue weighted by molar-refractivity contribution is -0.172. The molecule has 1 N–H and O–H groups in total. The van der Waals surface area contributed by atoms with Crippen molar-refractivity contribution in [3.8, 4) is 0 Å². The zero-order valence-corrected chi connectivity index (χ0v) is 24.7. The lowest BCUT2D eigenvalue weighted by atomic mass is 9.41. The fourth-order valence-corrected chi connectivity index (χ4v) is 10.4. The van der Waals surface area contributed by atoms with Gasteiger partial charge in [-0.1, -0.05) is 39.3 Å². The Balaban J connectivity index is 1.50. The average Bonchev–Trinajstić information content (AvgIpc) is 3.15. The Morgan fingerprint density at radius 2 is 1.82 bits per heavy atom. The highest BCUT2D eigenvalue weighted by atomic mass is 16.6. The van der Waals surface area contributed by atoms with Gasteiger partial charge in [-0.2, -0.15) is 0 Å². The molecule has 8 atom stereocenters. The molecule has 1 aliphatic heterocycles. The van der Waals surface area contributed by atoms with E-state index in [0.717, 1.165) is 25.7 Å². The monoisotopic (exact) mass is 528 g/mol. The second-order valence-corrected chi connectivity index (χ2v) is 15.3. The molecule has 0 aromatic rings. The highest BCUT2D eigenvalue weighted by molar-refractivity contribution is 5.99. The van der Waals surface area contributed by atoms with Crippen LogP contribution in [0.15, 0.2) is 11.6 Å². The molecular weight excluding hydrogens is 480 g/mol. The number of rotatable bonds is 5. The normalized spacial score (nSPS) is 45.3. The van der Waals surface area contributed by atoms with E-state index in [1.807, 2.05) is 6.92 Å². The molecule has 0 radical (unpaired) electrons. The van der Waals surface area contributed by atoms with Gasteiger partial charge in [0.25, 0.3) is 0 Å². The Morgan fingerprint density at radius 1 is 1.13 bits per heavy atom. The van der Waals surface area contributed by atoms with Crippen LogP contribution in [0.5, 0.6) is 0 Å². The number of ketones is 1. The summed E-state index contributed by atoms with van der Waals surface area (Å²) in [4.78, 5) is 39.6. The van der Waals surface area contributed by atoms with Gasteiger partial charge in [0, 0.05) is 18.8 Å². The second-order valence-electron chi connectivity index (χ2n) is 15.3. The first-order chi connectivity index (χ1) is 17.4. The minimum Gasteiger partial charge on any atom is -0.462 e. The maximum absolute atomic E-state index is 13.9. The predicted octanol–water partition coefficient (Wildman–Crippen LogP) is 5.94. The number of allylic oxidation sites excluding steroid dienone is 2. The number of cyclic esters (lactones) is 1. The molecule has 0 aromatic heterocycles. The summed E-state index contributed by atoms with van der Waals surface area (Å²) in [7, 11) is 0. The van der Waals surface area contributed by atoms with Crippen molar-refractivity contribution < 1.29 is 29.0 Å². The van der Waals surface area contributed by atoms with Crippen LogP contribution in [0.1, 0.15) is 113 Å². The summed E-state index contributed by atoms with van der Waals surface area (Å²) in [5.74, 6) is -0.142. The smallest absolute Gasteiger partial charge is 0.314 e. The predicted molar refractivity (Wildman–Crippen MR) is 144 cm³/mol. The molecule has 1 spiro atoms. The van der Waals surface area contributed by atoms with Crippen molar-refractivity contribution in [2.45, 2.75) is 130 Å². The van der Waals surface area contributed by atoms with Crippen LogP contribution < -0.4 is 0 Å². The molecular formula is C32H48O6. The van der Waals surface area contributed by atoms with Crippen LogP contribution in [0.4, 0.5) is 0 Å². The van der Waals surface area contributed by atoms with E-state index in [4.69, 9.17) is 9.47 Å². The lowest BCUT2D eigenvalue weighted by Gasteiger charge is -2.63. The Labute approximate surface area is 228 Å². The van der Waals surface area contributed by atoms with Crippen molar-refractivity contribution in [1.29, 1.82) is 0 Å². The minimum atomic E-state index is -0.826. The van der Waals surface area contributed by atoms with E-state index in [2.05, 4.69) is 33.8 Å². The van der Waals surface area contributed by atoms with Crippen molar-refractivity contribution in [3.05, 3.63) is 11.6 Å². The molecule has 3 saturated carbocycles. The number of aliphatic hydroxyl groups is 1. The van der Waals surface area contributed by atoms with E-state index in [1.165, 1.54) is 12.5 Å². The summed E-state index contributed by atoms with van der Waals surface area (Å²) in [5.41, 5.74) is -1.66. The zero-order valence-electron chi connectivity index (χ0n) is 24.7. The molecule has 212 valence electrons. The molecule has 5 aliphatic rings. The molecule has 6 heteroatoms. The lowest BCUT2D eigenvalue weighted by Crippen LogP contribution is -2.59. The van der Waals surface area contributed by atoms with Crippen molar-refractivity contribution in [3.63, 3.8) is 0 Å². The van der Waals surface area contributed by atoms with Crippen LogP contribution in [0.2, 0.25) is 0 Å². The van der Waals surface area contributed by atoms with Gasteiger partial charge in [0.2, 0.25) is 0 Å². The van der Waals surface area contributed by atoms with E-state index >= 15 is 0 Å². The second kappa shape index (κ2) is 8.41. The summed E-state index contributed by atoms with van der Waals surface area (Å²) in [6.45, 7) is 16.1. The fraction of sp³-hybridized carbons (Fsp3) is 0.844. The molecule has 1 saturated heterocycles. The summed E-state index contributed by atoms with van der Waals surface area (Å²) in [5, 5.41) is 10.2. The van der Waals surface area contributed by atoms with Gasteiger partial charge < -0.3 is 14.6 Å². The number of hydrogen-bond donors (Lipinski definition) is 1. The van der Waals surface area contributed by atoms with E-state index < -0.39 is 27.9 Å². The molecule has 38 heavy (non-hydrogen) atoms. The topological polar surface area (TPSA) is 89.9 Å². The molecule has 4 aliphatic carbocycles. The number of carbonyl (C=O) groups is 3. The Morgan fingerprint density at radius 3 is 2.45 bits per heavy atom. The zero-order chi connectivity index (χ0) is 28.1. The minimum absolute atomic E-state index is 0.0483. The van der Waals surface area contributed by atoms with Crippen LogP contribution in [-0.2, 0) is 23.9 Å². The van der Waals surface area contributed by atoms with Crippen LogP contribution in [-0.4, -0.2) is 40.1 Å². The summed E-state index contributed by atoms with van der Waals surface area (Å²) < 4.78 is 12.0. The fourth-order valence-electron chi connectivity index (χ4n) is 10.4. The number of Topliss-reactive ketones (excluding diaryl/α,β-unsaturated/α-hetero) is 1. The van der Waals surface area contributed by atoms with Crippen molar-refractivity contribution in [1.82, 2.24) is 0 Å². The summed E-state index contributed by atoms with van der Waals surface area (Å²) >= 11 is 0. The standard InChI is InChI=1S/C32H48O6/c1-19(33)37-24-13-16-29(6)20-12-17-32-25(31(8,38-26(32)35)15-9-14-27(2,3)36)22(34)18-30(32,7)21(20)10-11-23(29)28(24,4)5/h12,21,23-25,36H,9-11,13-18H2,1-8H3/t21-,23+,24+,25-,29-,30+,31+,32-/m1/s1. The summed E-state index contributed by atoms with van der Waals surface area (Å²) in [6.07, 6.45) is 8.81. The van der Waals surface area contributed by atoms with Crippen molar-refractivity contribution >= 4 is 17.7 Å². The molecule has 0 amide bonds. The SMILES string of the molecule is CC(=O)O[C@H]1CC[C@]2(C)C3=CC[C@]45C(=O)O[C@@](C)(CCCC(C)(C)O)[C@H]4C(=O)C[C@@]5(C)[C@@H]3CC[C@H]2C1(C)C. The third-order valence-corrected chi connectivity index (χ3v) is 12.1. The quantitative estimate of drug-likeness (QED) is 0.351. The molecule has 1 heterocycles. The molecule has 6 nitrogen and oxygen atoms in total. The number of fused-ring (bicyclic) bond motifs is 4. The Kier molecular flexibility index (Phi) is 6.16. The van der Waals surface area contributed by atoms with E-state index in [-0.39, 0.29) is 40.6 Å². The number of esters is 2. The number of carbonyl (C=O) groups excluding carboxylic acids is 3. The van der Waals surface area contributed by atoms with Crippen LogP contribution >= 0.6 is 0 Å². The molecule has 5 rings (SSSR count). The van der Waals surface area contributed by atoms with Gasteiger partial charge in [0.05, 0.1) is 16.9 Å². The number of hydrogen-bond acceptors (Lipinski definition) is 6. The molecule has 0 aromatic carbocycles. The third kappa shape index (κ3) is 3.64. The van der Waals surface area contributed by atoms with E-state index in [9.17, 15) is 19.5 Å².